The molecule has 1 saturated heterocycles. The molecule has 1 N–H and O–H groups in total. The van der Waals surface area contributed by atoms with Crippen LogP contribution in [0.25, 0.3) is 0 Å². The fourth-order valence-electron chi connectivity index (χ4n) is 1.85. The average Bonchev–Trinajstić information content (AvgIpc) is 1.99. The summed E-state index contributed by atoms with van der Waals surface area (Å²) in [6.07, 6.45) is 6.10. The van der Waals surface area contributed by atoms with E-state index in [1.54, 1.807) is 0 Å². The number of piperazine rings is 1. The van der Waals surface area contributed by atoms with Gasteiger partial charge in [0.15, 0.2) is 0 Å². The molecule has 1 heterocycles. The first kappa shape index (κ1) is 9.57. The highest BCUT2D eigenvalue weighted by atomic mass is 15.2. The Morgan fingerprint density at radius 3 is 2.50 bits per heavy atom. The predicted octanol–water partition coefficient (Wildman–Crippen LogP) is 0.692. The van der Waals surface area contributed by atoms with Crippen LogP contribution in [0.3, 0.4) is 0 Å². The molecule has 0 aromatic carbocycles. The predicted molar refractivity (Wildman–Crippen MR) is 51.9 cm³/mol. The van der Waals surface area contributed by atoms with Crippen molar-refractivity contribution in [3.63, 3.8) is 0 Å². The third-order valence-electron chi connectivity index (χ3n) is 2.21. The summed E-state index contributed by atoms with van der Waals surface area (Å²) in [6, 6.07) is 1.21. The van der Waals surface area contributed by atoms with Gasteiger partial charge < -0.3 is 5.32 Å². The third-order valence-corrected chi connectivity index (χ3v) is 2.21. The van der Waals surface area contributed by atoms with E-state index < -0.39 is 0 Å². The van der Waals surface area contributed by atoms with Gasteiger partial charge in [0.05, 0.1) is 0 Å². The maximum Gasteiger partial charge on any atom is 0.0214 e. The molecule has 1 aliphatic rings. The molecular weight excluding hydrogens is 148 g/mol. The zero-order valence-electron chi connectivity index (χ0n) is 8.01. The maximum atomic E-state index is 5.22. The molecule has 0 aromatic heterocycles. The van der Waals surface area contributed by atoms with Gasteiger partial charge in [-0.15, -0.1) is 12.3 Å². The molecule has 1 aliphatic heterocycles. The van der Waals surface area contributed by atoms with E-state index in [2.05, 4.69) is 30.0 Å². The SMILES string of the molecule is C#CCCN1CC(C)NC(C)C1. The quantitative estimate of drug-likeness (QED) is 0.607. The van der Waals surface area contributed by atoms with Gasteiger partial charge in [-0.2, -0.15) is 0 Å². The lowest BCUT2D eigenvalue weighted by molar-refractivity contribution is 0.177. The highest BCUT2D eigenvalue weighted by molar-refractivity contribution is 4.87. The largest absolute Gasteiger partial charge is 0.309 e. The van der Waals surface area contributed by atoms with Gasteiger partial charge in [0.1, 0.15) is 0 Å². The molecule has 0 saturated carbocycles. The van der Waals surface area contributed by atoms with Crippen molar-refractivity contribution >= 4 is 0 Å². The summed E-state index contributed by atoms with van der Waals surface area (Å²) in [4.78, 5) is 2.44. The van der Waals surface area contributed by atoms with Gasteiger partial charge in [-0.05, 0) is 13.8 Å². The number of rotatable bonds is 2. The Bertz CT molecular complexity index is 161. The van der Waals surface area contributed by atoms with Crippen LogP contribution in [0.15, 0.2) is 0 Å². The van der Waals surface area contributed by atoms with Gasteiger partial charge in [0, 0.05) is 38.1 Å². The van der Waals surface area contributed by atoms with Crippen LogP contribution < -0.4 is 5.32 Å². The summed E-state index contributed by atoms with van der Waals surface area (Å²) in [5.74, 6) is 2.68. The van der Waals surface area contributed by atoms with Gasteiger partial charge in [-0.3, -0.25) is 4.90 Å². The third kappa shape index (κ3) is 2.84. The highest BCUT2D eigenvalue weighted by Crippen LogP contribution is 2.03. The van der Waals surface area contributed by atoms with Crippen molar-refractivity contribution in [1.29, 1.82) is 0 Å². The molecule has 0 aliphatic carbocycles. The second-order valence-electron chi connectivity index (χ2n) is 3.68. The Morgan fingerprint density at radius 2 is 2.00 bits per heavy atom. The van der Waals surface area contributed by atoms with Crippen molar-refractivity contribution in [3.8, 4) is 12.3 Å². The van der Waals surface area contributed by atoms with E-state index in [-0.39, 0.29) is 0 Å². The summed E-state index contributed by atoms with van der Waals surface area (Å²) >= 11 is 0. The van der Waals surface area contributed by atoms with Crippen molar-refractivity contribution in [2.45, 2.75) is 32.4 Å². The van der Waals surface area contributed by atoms with Crippen LogP contribution in [-0.2, 0) is 0 Å². The minimum absolute atomic E-state index is 0.603. The van der Waals surface area contributed by atoms with E-state index in [0.29, 0.717) is 12.1 Å². The van der Waals surface area contributed by atoms with E-state index >= 15 is 0 Å². The summed E-state index contributed by atoms with van der Waals surface area (Å²) in [6.45, 7) is 7.75. The minimum atomic E-state index is 0.603. The Kier molecular flexibility index (Phi) is 3.58. The van der Waals surface area contributed by atoms with Gasteiger partial charge in [-0.25, -0.2) is 0 Å². The molecule has 68 valence electrons. The Balaban J connectivity index is 2.30. The lowest BCUT2D eigenvalue weighted by Crippen LogP contribution is -2.54. The molecule has 0 aromatic rings. The summed E-state index contributed by atoms with van der Waals surface area (Å²) in [5, 5.41) is 3.49. The minimum Gasteiger partial charge on any atom is -0.309 e. The van der Waals surface area contributed by atoms with E-state index in [1.807, 2.05) is 0 Å². The standard InChI is InChI=1S/C10H18N2/c1-4-5-6-12-7-9(2)11-10(3)8-12/h1,9-11H,5-8H2,2-3H3. The molecule has 12 heavy (non-hydrogen) atoms. The molecule has 2 unspecified atom stereocenters. The number of nitrogens with zero attached hydrogens (tertiary/aromatic N) is 1. The maximum absolute atomic E-state index is 5.22. The highest BCUT2D eigenvalue weighted by Gasteiger charge is 2.19. The van der Waals surface area contributed by atoms with E-state index in [1.165, 1.54) is 0 Å². The normalized spacial score (nSPS) is 31.4. The Labute approximate surface area is 75.3 Å². The molecule has 2 atom stereocenters. The van der Waals surface area contributed by atoms with Crippen LogP contribution in [0.1, 0.15) is 20.3 Å². The van der Waals surface area contributed by atoms with Gasteiger partial charge in [0.25, 0.3) is 0 Å². The molecule has 0 bridgehead atoms. The van der Waals surface area contributed by atoms with Crippen LogP contribution >= 0.6 is 0 Å². The van der Waals surface area contributed by atoms with Crippen molar-refractivity contribution in [3.05, 3.63) is 0 Å². The lowest BCUT2D eigenvalue weighted by Gasteiger charge is -2.35. The second-order valence-corrected chi connectivity index (χ2v) is 3.68. The molecule has 1 fully saturated rings. The molecule has 2 heteroatoms. The topological polar surface area (TPSA) is 15.3 Å². The van der Waals surface area contributed by atoms with Crippen LogP contribution in [-0.4, -0.2) is 36.6 Å². The smallest absolute Gasteiger partial charge is 0.0214 e. The molecule has 0 radical (unpaired) electrons. The summed E-state index contributed by atoms with van der Waals surface area (Å²) in [5.41, 5.74) is 0. The van der Waals surface area contributed by atoms with Crippen LogP contribution in [0.5, 0.6) is 0 Å². The van der Waals surface area contributed by atoms with Crippen molar-refractivity contribution in [1.82, 2.24) is 10.2 Å². The van der Waals surface area contributed by atoms with Crippen LogP contribution in [0.4, 0.5) is 0 Å². The fourth-order valence-corrected chi connectivity index (χ4v) is 1.85. The van der Waals surface area contributed by atoms with Gasteiger partial charge in [0.2, 0.25) is 0 Å². The van der Waals surface area contributed by atoms with Crippen molar-refractivity contribution in [2.75, 3.05) is 19.6 Å². The van der Waals surface area contributed by atoms with Crippen molar-refractivity contribution < 1.29 is 0 Å². The number of terminal acetylenes is 1. The van der Waals surface area contributed by atoms with E-state index in [0.717, 1.165) is 26.1 Å². The van der Waals surface area contributed by atoms with Crippen LogP contribution in [0, 0.1) is 12.3 Å². The first-order valence-corrected chi connectivity index (χ1v) is 4.64. The fraction of sp³-hybridized carbons (Fsp3) is 0.800. The first-order chi connectivity index (χ1) is 5.72. The summed E-state index contributed by atoms with van der Waals surface area (Å²) < 4.78 is 0. The monoisotopic (exact) mass is 166 g/mol. The van der Waals surface area contributed by atoms with Crippen molar-refractivity contribution in [2.24, 2.45) is 0 Å². The lowest BCUT2D eigenvalue weighted by atomic mass is 10.1. The molecule has 1 rings (SSSR count). The number of hydrogen-bond acceptors (Lipinski definition) is 2. The second kappa shape index (κ2) is 4.49. The van der Waals surface area contributed by atoms with E-state index in [4.69, 9.17) is 6.42 Å². The molecular formula is C10H18N2. The Morgan fingerprint density at radius 1 is 1.42 bits per heavy atom. The number of nitrogens with one attached hydrogen (secondary N) is 1. The Hall–Kier alpha value is -0.520. The van der Waals surface area contributed by atoms with Gasteiger partial charge >= 0.3 is 0 Å². The first-order valence-electron chi connectivity index (χ1n) is 4.64. The molecule has 2 nitrogen and oxygen atoms in total. The van der Waals surface area contributed by atoms with Crippen LogP contribution in [0.2, 0.25) is 0 Å². The van der Waals surface area contributed by atoms with Gasteiger partial charge in [-0.1, -0.05) is 0 Å². The summed E-state index contributed by atoms with van der Waals surface area (Å²) in [7, 11) is 0. The molecule has 0 spiro atoms. The average molecular weight is 166 g/mol. The molecule has 0 amide bonds. The number of hydrogen-bond donors (Lipinski definition) is 1. The zero-order valence-corrected chi connectivity index (χ0v) is 8.01. The zero-order chi connectivity index (χ0) is 8.97. The van der Waals surface area contributed by atoms with E-state index in [9.17, 15) is 0 Å².